The van der Waals surface area contributed by atoms with Crippen LogP contribution >= 0.6 is 0 Å². The van der Waals surface area contributed by atoms with Crippen LogP contribution in [0, 0.1) is 20.8 Å². The standard InChI is InChI=1S/C15H22N6O/c1-10-8-11(2)21(19-10)7-6-15(22)16-13-4-5-14-18-17-12(3)20(14)9-13/h8,13H,4-7,9H2,1-3H3,(H,16,22). The van der Waals surface area contributed by atoms with Gasteiger partial charge in [-0.2, -0.15) is 5.10 Å². The lowest BCUT2D eigenvalue weighted by atomic mass is 10.1. The maximum atomic E-state index is 12.1. The number of hydrogen-bond donors (Lipinski definition) is 1. The first-order valence-electron chi connectivity index (χ1n) is 7.72. The van der Waals surface area contributed by atoms with E-state index in [2.05, 4.69) is 25.2 Å². The van der Waals surface area contributed by atoms with Crippen LogP contribution in [0.3, 0.4) is 0 Å². The topological polar surface area (TPSA) is 77.6 Å². The van der Waals surface area contributed by atoms with Crippen molar-refractivity contribution in [1.82, 2.24) is 29.9 Å². The fraction of sp³-hybridized carbons (Fsp3) is 0.600. The first-order chi connectivity index (χ1) is 10.5. The molecule has 1 unspecified atom stereocenters. The minimum atomic E-state index is 0.0757. The summed E-state index contributed by atoms with van der Waals surface area (Å²) in [6.07, 6.45) is 2.24. The third-order valence-electron chi connectivity index (χ3n) is 4.15. The van der Waals surface area contributed by atoms with Crippen LogP contribution < -0.4 is 5.32 Å². The molecule has 0 fully saturated rings. The van der Waals surface area contributed by atoms with E-state index in [1.54, 1.807) is 0 Å². The van der Waals surface area contributed by atoms with Gasteiger partial charge in [0.2, 0.25) is 5.91 Å². The van der Waals surface area contributed by atoms with Crippen molar-refractivity contribution < 1.29 is 4.79 Å². The molecule has 2 aromatic heterocycles. The molecular formula is C15H22N6O. The first kappa shape index (κ1) is 14.7. The predicted molar refractivity (Wildman–Crippen MR) is 81.3 cm³/mol. The van der Waals surface area contributed by atoms with Crippen LogP contribution in [0.2, 0.25) is 0 Å². The highest BCUT2D eigenvalue weighted by molar-refractivity contribution is 5.76. The zero-order valence-electron chi connectivity index (χ0n) is 13.3. The van der Waals surface area contributed by atoms with Gasteiger partial charge in [0.1, 0.15) is 11.6 Å². The van der Waals surface area contributed by atoms with Crippen molar-refractivity contribution in [3.8, 4) is 0 Å². The van der Waals surface area contributed by atoms with Crippen LogP contribution in [-0.4, -0.2) is 36.5 Å². The lowest BCUT2D eigenvalue weighted by Crippen LogP contribution is -2.41. The van der Waals surface area contributed by atoms with Gasteiger partial charge in [0.05, 0.1) is 5.69 Å². The van der Waals surface area contributed by atoms with Crippen molar-refractivity contribution in [2.24, 2.45) is 0 Å². The van der Waals surface area contributed by atoms with Crippen molar-refractivity contribution in [3.63, 3.8) is 0 Å². The van der Waals surface area contributed by atoms with Crippen LogP contribution in [0.1, 0.15) is 35.9 Å². The quantitative estimate of drug-likeness (QED) is 0.911. The monoisotopic (exact) mass is 302 g/mol. The minimum absolute atomic E-state index is 0.0757. The lowest BCUT2D eigenvalue weighted by Gasteiger charge is -2.25. The van der Waals surface area contributed by atoms with Crippen LogP contribution in [0.4, 0.5) is 0 Å². The zero-order chi connectivity index (χ0) is 15.7. The number of aromatic nitrogens is 5. The number of aryl methyl sites for hydroxylation is 5. The van der Waals surface area contributed by atoms with Crippen molar-refractivity contribution in [3.05, 3.63) is 29.1 Å². The molecule has 118 valence electrons. The van der Waals surface area contributed by atoms with Crippen LogP contribution in [-0.2, 0) is 24.3 Å². The highest BCUT2D eigenvalue weighted by atomic mass is 16.1. The highest BCUT2D eigenvalue weighted by Gasteiger charge is 2.22. The molecule has 0 radical (unpaired) electrons. The second-order valence-corrected chi connectivity index (χ2v) is 5.98. The molecule has 1 aliphatic rings. The number of carbonyl (C=O) groups excluding carboxylic acids is 1. The van der Waals surface area contributed by atoms with Gasteiger partial charge in [0, 0.05) is 37.7 Å². The molecule has 22 heavy (non-hydrogen) atoms. The Kier molecular flexibility index (Phi) is 3.96. The summed E-state index contributed by atoms with van der Waals surface area (Å²) in [6, 6.07) is 2.19. The Labute approximate surface area is 129 Å². The SMILES string of the molecule is Cc1cc(C)n(CCC(=O)NC2CCc3nnc(C)n3C2)n1. The van der Waals surface area contributed by atoms with E-state index in [-0.39, 0.29) is 11.9 Å². The molecule has 7 nitrogen and oxygen atoms in total. The predicted octanol–water partition coefficient (Wildman–Crippen LogP) is 0.921. The van der Waals surface area contributed by atoms with Gasteiger partial charge in [0.15, 0.2) is 0 Å². The first-order valence-corrected chi connectivity index (χ1v) is 7.72. The molecule has 0 bridgehead atoms. The Balaban J connectivity index is 1.52. The van der Waals surface area contributed by atoms with Crippen LogP contribution in [0.5, 0.6) is 0 Å². The maximum absolute atomic E-state index is 12.1. The molecule has 0 aromatic carbocycles. The minimum Gasteiger partial charge on any atom is -0.352 e. The molecule has 3 rings (SSSR count). The summed E-state index contributed by atoms with van der Waals surface area (Å²) in [5, 5.41) is 15.7. The van der Waals surface area contributed by atoms with Gasteiger partial charge in [-0.1, -0.05) is 0 Å². The van der Waals surface area contributed by atoms with Crippen molar-refractivity contribution >= 4 is 5.91 Å². The van der Waals surface area contributed by atoms with E-state index in [1.165, 1.54) is 0 Å². The van der Waals surface area contributed by atoms with Gasteiger partial charge in [0.25, 0.3) is 0 Å². The van der Waals surface area contributed by atoms with Crippen molar-refractivity contribution in [2.75, 3.05) is 0 Å². The van der Waals surface area contributed by atoms with Crippen LogP contribution in [0.15, 0.2) is 6.07 Å². The van der Waals surface area contributed by atoms with E-state index in [9.17, 15) is 4.79 Å². The van der Waals surface area contributed by atoms with Gasteiger partial charge in [-0.15, -0.1) is 10.2 Å². The third kappa shape index (κ3) is 3.03. The number of nitrogens with zero attached hydrogens (tertiary/aromatic N) is 5. The fourth-order valence-electron chi connectivity index (χ4n) is 2.99. The van der Waals surface area contributed by atoms with Gasteiger partial charge >= 0.3 is 0 Å². The van der Waals surface area contributed by atoms with Crippen molar-refractivity contribution in [2.45, 2.75) is 59.2 Å². The smallest absolute Gasteiger partial charge is 0.222 e. The van der Waals surface area contributed by atoms with E-state index in [4.69, 9.17) is 0 Å². The summed E-state index contributed by atoms with van der Waals surface area (Å²) in [7, 11) is 0. The van der Waals surface area contributed by atoms with Gasteiger partial charge in [-0.05, 0) is 33.3 Å². The fourth-order valence-corrected chi connectivity index (χ4v) is 2.99. The molecule has 7 heteroatoms. The van der Waals surface area contributed by atoms with Crippen LogP contribution in [0.25, 0.3) is 0 Å². The Morgan fingerprint density at radius 2 is 2.18 bits per heavy atom. The van der Waals surface area contributed by atoms with Gasteiger partial charge < -0.3 is 9.88 Å². The summed E-state index contributed by atoms with van der Waals surface area (Å²) in [5.74, 6) is 2.01. The van der Waals surface area contributed by atoms with E-state index in [1.807, 2.05) is 31.5 Å². The summed E-state index contributed by atoms with van der Waals surface area (Å²) in [6.45, 7) is 7.30. The normalized spacial score (nSPS) is 17.3. The molecule has 3 heterocycles. The van der Waals surface area contributed by atoms with E-state index >= 15 is 0 Å². The van der Waals surface area contributed by atoms with Crippen molar-refractivity contribution in [1.29, 1.82) is 0 Å². The average molecular weight is 302 g/mol. The van der Waals surface area contributed by atoms with E-state index in [0.29, 0.717) is 13.0 Å². The number of nitrogens with one attached hydrogen (secondary N) is 1. The summed E-state index contributed by atoms with van der Waals surface area (Å²) in [4.78, 5) is 12.1. The summed E-state index contributed by atoms with van der Waals surface area (Å²) < 4.78 is 3.98. The highest BCUT2D eigenvalue weighted by Crippen LogP contribution is 2.14. The molecule has 1 amide bonds. The zero-order valence-corrected chi connectivity index (χ0v) is 13.3. The third-order valence-corrected chi connectivity index (χ3v) is 4.15. The second kappa shape index (κ2) is 5.90. The molecular weight excluding hydrogens is 280 g/mol. The lowest BCUT2D eigenvalue weighted by molar-refractivity contribution is -0.122. The Morgan fingerprint density at radius 1 is 1.36 bits per heavy atom. The second-order valence-electron chi connectivity index (χ2n) is 5.98. The molecule has 0 aliphatic carbocycles. The number of rotatable bonds is 4. The number of amides is 1. The molecule has 1 atom stereocenters. The Hall–Kier alpha value is -2.18. The molecule has 1 N–H and O–H groups in total. The average Bonchev–Trinajstić information content (AvgIpc) is 3.00. The summed E-state index contributed by atoms with van der Waals surface area (Å²) >= 11 is 0. The Bertz CT molecular complexity index is 686. The van der Waals surface area contributed by atoms with E-state index in [0.717, 1.165) is 42.4 Å². The molecule has 0 saturated carbocycles. The molecule has 2 aromatic rings. The maximum Gasteiger partial charge on any atom is 0.222 e. The molecule has 1 aliphatic heterocycles. The summed E-state index contributed by atoms with van der Waals surface area (Å²) in [5.41, 5.74) is 2.08. The van der Waals surface area contributed by atoms with Gasteiger partial charge in [-0.25, -0.2) is 0 Å². The molecule has 0 saturated heterocycles. The number of fused-ring (bicyclic) bond motifs is 1. The largest absolute Gasteiger partial charge is 0.352 e. The number of carbonyl (C=O) groups is 1. The van der Waals surface area contributed by atoms with Gasteiger partial charge in [-0.3, -0.25) is 9.48 Å². The van der Waals surface area contributed by atoms with E-state index < -0.39 is 0 Å². The number of hydrogen-bond acceptors (Lipinski definition) is 4. The Morgan fingerprint density at radius 3 is 2.91 bits per heavy atom. The molecule has 0 spiro atoms.